The highest BCUT2D eigenvalue weighted by atomic mass is 16.3. The minimum Gasteiger partial charge on any atom is -0.396 e. The van der Waals surface area contributed by atoms with E-state index in [1.54, 1.807) is 24.5 Å². The van der Waals surface area contributed by atoms with Crippen LogP contribution in [0.4, 0.5) is 0 Å². The predicted molar refractivity (Wildman–Crippen MR) is 69.3 cm³/mol. The Morgan fingerprint density at radius 2 is 2.28 bits per heavy atom. The number of H-pyrrole nitrogens is 1. The molecule has 0 saturated carbocycles. The molecule has 0 spiro atoms. The molecular formula is C13H17N3O2. The molecule has 3 N–H and O–H groups in total. The highest BCUT2D eigenvalue weighted by Crippen LogP contribution is 2.14. The molecule has 1 heterocycles. The summed E-state index contributed by atoms with van der Waals surface area (Å²) >= 11 is 0. The van der Waals surface area contributed by atoms with Crippen molar-refractivity contribution in [1.29, 1.82) is 0 Å². The van der Waals surface area contributed by atoms with Gasteiger partial charge >= 0.3 is 0 Å². The molecule has 1 aromatic carbocycles. The lowest BCUT2D eigenvalue weighted by Crippen LogP contribution is -2.44. The van der Waals surface area contributed by atoms with Crippen LogP contribution in [0.25, 0.3) is 11.0 Å². The quantitative estimate of drug-likeness (QED) is 0.765. The van der Waals surface area contributed by atoms with Crippen molar-refractivity contribution in [3.05, 3.63) is 30.1 Å². The van der Waals surface area contributed by atoms with Crippen LogP contribution in [0.5, 0.6) is 0 Å². The van der Waals surface area contributed by atoms with Crippen molar-refractivity contribution in [1.82, 2.24) is 15.3 Å². The first-order valence-corrected chi connectivity index (χ1v) is 5.88. The summed E-state index contributed by atoms with van der Waals surface area (Å²) in [5, 5.41) is 11.8. The molecule has 96 valence electrons. The second kappa shape index (κ2) is 4.78. The van der Waals surface area contributed by atoms with E-state index in [9.17, 15) is 4.79 Å². The number of amides is 1. The molecule has 0 aliphatic rings. The third-order valence-corrected chi connectivity index (χ3v) is 2.87. The van der Waals surface area contributed by atoms with Crippen molar-refractivity contribution in [2.45, 2.75) is 25.8 Å². The number of aliphatic hydroxyl groups excluding tert-OH is 1. The van der Waals surface area contributed by atoms with E-state index in [0.717, 1.165) is 11.0 Å². The summed E-state index contributed by atoms with van der Waals surface area (Å²) in [5.41, 5.74) is 1.83. The molecule has 0 fully saturated rings. The molecule has 0 aliphatic heterocycles. The second-order valence-corrected chi connectivity index (χ2v) is 4.95. The zero-order valence-corrected chi connectivity index (χ0v) is 10.5. The van der Waals surface area contributed by atoms with E-state index >= 15 is 0 Å². The van der Waals surface area contributed by atoms with Gasteiger partial charge in [0.05, 0.1) is 17.4 Å². The molecule has 2 rings (SSSR count). The molecular weight excluding hydrogens is 230 g/mol. The number of fused-ring (bicyclic) bond motifs is 1. The molecule has 0 aliphatic carbocycles. The standard InChI is InChI=1S/C13H17N3O2/c1-13(2,5-6-17)16-12(18)9-3-4-10-11(7-9)15-8-14-10/h3-4,7-8,17H,5-6H2,1-2H3,(H,14,15)(H,16,18). The molecule has 0 unspecified atom stereocenters. The zero-order chi connectivity index (χ0) is 13.2. The Morgan fingerprint density at radius 1 is 1.50 bits per heavy atom. The van der Waals surface area contributed by atoms with E-state index in [2.05, 4.69) is 15.3 Å². The second-order valence-electron chi connectivity index (χ2n) is 4.95. The Kier molecular flexibility index (Phi) is 3.34. The number of imidazole rings is 1. The van der Waals surface area contributed by atoms with Gasteiger partial charge in [-0.3, -0.25) is 4.79 Å². The van der Waals surface area contributed by atoms with E-state index in [-0.39, 0.29) is 12.5 Å². The summed E-state index contributed by atoms with van der Waals surface area (Å²) in [6.45, 7) is 3.82. The van der Waals surface area contributed by atoms with Crippen molar-refractivity contribution in [2.24, 2.45) is 0 Å². The summed E-state index contributed by atoms with van der Waals surface area (Å²) in [7, 11) is 0. The summed E-state index contributed by atoms with van der Waals surface area (Å²) in [5.74, 6) is -0.148. The molecule has 18 heavy (non-hydrogen) atoms. The lowest BCUT2D eigenvalue weighted by atomic mass is 10.0. The molecule has 1 aromatic heterocycles. The van der Waals surface area contributed by atoms with E-state index in [0.29, 0.717) is 12.0 Å². The number of carbonyl (C=O) groups excluding carboxylic acids is 1. The van der Waals surface area contributed by atoms with E-state index in [1.165, 1.54) is 0 Å². The number of carbonyl (C=O) groups is 1. The maximum absolute atomic E-state index is 12.1. The Labute approximate surface area is 105 Å². The maximum atomic E-state index is 12.1. The molecule has 0 saturated heterocycles. The van der Waals surface area contributed by atoms with Crippen LogP contribution < -0.4 is 5.32 Å². The Hall–Kier alpha value is -1.88. The van der Waals surface area contributed by atoms with Crippen molar-refractivity contribution < 1.29 is 9.90 Å². The third kappa shape index (κ3) is 2.68. The van der Waals surface area contributed by atoms with Crippen LogP contribution in [-0.2, 0) is 0 Å². The largest absolute Gasteiger partial charge is 0.396 e. The third-order valence-electron chi connectivity index (χ3n) is 2.87. The number of aromatic nitrogens is 2. The van der Waals surface area contributed by atoms with Gasteiger partial charge in [-0.05, 0) is 38.5 Å². The predicted octanol–water partition coefficient (Wildman–Crippen LogP) is 1.45. The van der Waals surface area contributed by atoms with Crippen molar-refractivity contribution in [3.63, 3.8) is 0 Å². The number of benzene rings is 1. The molecule has 0 atom stereocenters. The summed E-state index contributed by atoms with van der Waals surface area (Å²) < 4.78 is 0. The normalized spacial score (nSPS) is 11.7. The SMILES string of the molecule is CC(C)(CCO)NC(=O)c1ccc2nc[nH]c2c1. The van der Waals surface area contributed by atoms with Crippen LogP contribution in [-0.4, -0.2) is 33.1 Å². The van der Waals surface area contributed by atoms with Gasteiger partial charge in [-0.2, -0.15) is 0 Å². The van der Waals surface area contributed by atoms with Gasteiger partial charge in [0.15, 0.2) is 0 Å². The fourth-order valence-corrected chi connectivity index (χ4v) is 1.80. The van der Waals surface area contributed by atoms with Crippen LogP contribution in [0.1, 0.15) is 30.6 Å². The lowest BCUT2D eigenvalue weighted by molar-refractivity contribution is 0.0899. The fourth-order valence-electron chi connectivity index (χ4n) is 1.80. The number of aromatic amines is 1. The van der Waals surface area contributed by atoms with Crippen LogP contribution in [0.2, 0.25) is 0 Å². The van der Waals surface area contributed by atoms with Crippen molar-refractivity contribution in [3.8, 4) is 0 Å². The van der Waals surface area contributed by atoms with Gasteiger partial charge in [0, 0.05) is 17.7 Å². The highest BCUT2D eigenvalue weighted by molar-refractivity contribution is 5.97. The van der Waals surface area contributed by atoms with E-state index < -0.39 is 5.54 Å². The van der Waals surface area contributed by atoms with Crippen LogP contribution in [0, 0.1) is 0 Å². The topological polar surface area (TPSA) is 78.0 Å². The lowest BCUT2D eigenvalue weighted by Gasteiger charge is -2.25. The van der Waals surface area contributed by atoms with E-state index in [4.69, 9.17) is 5.11 Å². The molecule has 0 radical (unpaired) electrons. The number of aliphatic hydroxyl groups is 1. The Balaban J connectivity index is 2.17. The number of hydrogen-bond donors (Lipinski definition) is 3. The van der Waals surface area contributed by atoms with Crippen molar-refractivity contribution >= 4 is 16.9 Å². The first kappa shape index (κ1) is 12.6. The van der Waals surface area contributed by atoms with Gasteiger partial charge in [0.2, 0.25) is 0 Å². The highest BCUT2D eigenvalue weighted by Gasteiger charge is 2.20. The molecule has 2 aromatic rings. The summed E-state index contributed by atoms with van der Waals surface area (Å²) in [6, 6.07) is 5.32. The smallest absolute Gasteiger partial charge is 0.251 e. The number of nitrogens with one attached hydrogen (secondary N) is 2. The minimum atomic E-state index is -0.422. The number of rotatable bonds is 4. The fraction of sp³-hybridized carbons (Fsp3) is 0.385. The van der Waals surface area contributed by atoms with Gasteiger partial charge in [-0.25, -0.2) is 4.98 Å². The molecule has 5 nitrogen and oxygen atoms in total. The van der Waals surface area contributed by atoms with Gasteiger partial charge in [-0.1, -0.05) is 0 Å². The zero-order valence-electron chi connectivity index (χ0n) is 10.5. The minimum absolute atomic E-state index is 0.0485. The summed E-state index contributed by atoms with van der Waals surface area (Å²) in [6.07, 6.45) is 2.12. The number of hydrogen-bond acceptors (Lipinski definition) is 3. The van der Waals surface area contributed by atoms with Gasteiger partial charge < -0.3 is 15.4 Å². The maximum Gasteiger partial charge on any atom is 0.251 e. The average Bonchev–Trinajstić information content (AvgIpc) is 2.74. The molecule has 5 heteroatoms. The average molecular weight is 247 g/mol. The number of nitrogens with zero attached hydrogens (tertiary/aromatic N) is 1. The Morgan fingerprint density at radius 3 is 3.00 bits per heavy atom. The van der Waals surface area contributed by atoms with Gasteiger partial charge in [0.1, 0.15) is 0 Å². The molecule has 1 amide bonds. The van der Waals surface area contributed by atoms with Crippen LogP contribution in [0.15, 0.2) is 24.5 Å². The van der Waals surface area contributed by atoms with Gasteiger partial charge in [-0.15, -0.1) is 0 Å². The van der Waals surface area contributed by atoms with Gasteiger partial charge in [0.25, 0.3) is 5.91 Å². The van der Waals surface area contributed by atoms with Crippen LogP contribution >= 0.6 is 0 Å². The van der Waals surface area contributed by atoms with E-state index in [1.807, 2.05) is 13.8 Å². The first-order chi connectivity index (χ1) is 8.52. The van der Waals surface area contributed by atoms with Crippen molar-refractivity contribution in [2.75, 3.05) is 6.61 Å². The first-order valence-electron chi connectivity index (χ1n) is 5.88. The summed E-state index contributed by atoms with van der Waals surface area (Å²) in [4.78, 5) is 19.1. The Bertz CT molecular complexity index is 560. The van der Waals surface area contributed by atoms with Crippen LogP contribution in [0.3, 0.4) is 0 Å². The molecule has 0 bridgehead atoms. The monoisotopic (exact) mass is 247 g/mol.